The highest BCUT2D eigenvalue weighted by Gasteiger charge is 2.15. The second-order valence-corrected chi connectivity index (χ2v) is 7.70. The van der Waals surface area contributed by atoms with Gasteiger partial charge >= 0.3 is 0 Å². The zero-order valence-corrected chi connectivity index (χ0v) is 19.1. The average Bonchev–Trinajstić information content (AvgIpc) is 3.18. The smallest absolute Gasteiger partial charge is 0.234 e. The molecule has 0 bridgehead atoms. The largest absolute Gasteiger partial charge is 0.497 e. The molecule has 0 unspecified atom stereocenters. The van der Waals surface area contributed by atoms with Crippen molar-refractivity contribution >= 4 is 23.4 Å². The van der Waals surface area contributed by atoms with Crippen molar-refractivity contribution < 1.29 is 19.0 Å². The Morgan fingerprint density at radius 1 is 1.16 bits per heavy atom. The van der Waals surface area contributed by atoms with Crippen LogP contribution in [0.3, 0.4) is 0 Å². The molecule has 1 amide bonds. The number of aromatic nitrogens is 3. The predicted octanol–water partition coefficient (Wildman–Crippen LogP) is 4.10. The van der Waals surface area contributed by atoms with Crippen molar-refractivity contribution in [3.63, 3.8) is 0 Å². The van der Waals surface area contributed by atoms with Crippen molar-refractivity contribution in [1.29, 1.82) is 0 Å². The number of nitrogens with zero attached hydrogens (tertiary/aromatic N) is 3. The summed E-state index contributed by atoms with van der Waals surface area (Å²) in [4.78, 5) is 12.5. The van der Waals surface area contributed by atoms with Crippen molar-refractivity contribution in [2.75, 3.05) is 25.3 Å². The number of nitrogens with one attached hydrogen (secondary N) is 1. The zero-order chi connectivity index (χ0) is 22.9. The molecule has 32 heavy (non-hydrogen) atoms. The number of hydrogen-bond acceptors (Lipinski definition) is 7. The molecule has 0 aliphatic carbocycles. The lowest BCUT2D eigenvalue weighted by molar-refractivity contribution is -0.113. The summed E-state index contributed by atoms with van der Waals surface area (Å²) in [6.45, 7) is 6.56. The molecule has 0 saturated carbocycles. The van der Waals surface area contributed by atoms with E-state index in [1.54, 1.807) is 38.5 Å². The third kappa shape index (κ3) is 5.82. The Labute approximate surface area is 191 Å². The van der Waals surface area contributed by atoms with Crippen molar-refractivity contribution in [2.24, 2.45) is 0 Å². The van der Waals surface area contributed by atoms with Crippen LogP contribution in [0.4, 0.5) is 5.69 Å². The lowest BCUT2D eigenvalue weighted by Crippen LogP contribution is -2.15. The number of allylic oxidation sites excluding steroid dienone is 1. The normalized spacial score (nSPS) is 10.5. The molecular formula is C23H26N4O4S. The Bertz CT molecular complexity index is 1080. The van der Waals surface area contributed by atoms with Crippen LogP contribution in [0.15, 0.2) is 60.3 Å². The summed E-state index contributed by atoms with van der Waals surface area (Å²) < 4.78 is 18.3. The van der Waals surface area contributed by atoms with E-state index in [9.17, 15) is 4.79 Å². The van der Waals surface area contributed by atoms with Crippen LogP contribution >= 0.6 is 11.8 Å². The number of amides is 1. The Balaban J connectivity index is 1.65. The molecule has 3 aromatic rings. The lowest BCUT2D eigenvalue weighted by Gasteiger charge is -2.12. The van der Waals surface area contributed by atoms with Gasteiger partial charge in [-0.15, -0.1) is 16.8 Å². The minimum Gasteiger partial charge on any atom is -0.497 e. The highest BCUT2D eigenvalue weighted by Crippen LogP contribution is 2.29. The van der Waals surface area contributed by atoms with Gasteiger partial charge in [0, 0.05) is 12.6 Å². The van der Waals surface area contributed by atoms with E-state index in [4.69, 9.17) is 14.2 Å². The van der Waals surface area contributed by atoms with E-state index in [0.717, 1.165) is 11.3 Å². The predicted molar refractivity (Wildman–Crippen MR) is 125 cm³/mol. The fourth-order valence-corrected chi connectivity index (χ4v) is 3.70. The van der Waals surface area contributed by atoms with E-state index in [2.05, 4.69) is 22.1 Å². The van der Waals surface area contributed by atoms with Crippen LogP contribution in [0, 0.1) is 6.92 Å². The molecule has 168 valence electrons. The first-order valence-corrected chi connectivity index (χ1v) is 10.9. The Kier molecular flexibility index (Phi) is 8.15. The maximum absolute atomic E-state index is 12.5. The number of ether oxygens (including phenoxy) is 3. The third-order valence-corrected chi connectivity index (χ3v) is 5.54. The van der Waals surface area contributed by atoms with Gasteiger partial charge in [0.15, 0.2) is 11.0 Å². The van der Waals surface area contributed by atoms with Gasteiger partial charge in [-0.3, -0.25) is 9.36 Å². The molecule has 8 nitrogen and oxygen atoms in total. The molecule has 2 aromatic carbocycles. The number of hydrogen-bond donors (Lipinski definition) is 1. The van der Waals surface area contributed by atoms with Gasteiger partial charge in [0.25, 0.3) is 0 Å². The van der Waals surface area contributed by atoms with Crippen LogP contribution in [0.25, 0.3) is 0 Å². The molecule has 0 atom stereocenters. The number of anilines is 1. The number of methoxy groups -OCH3 is 2. The molecular weight excluding hydrogens is 428 g/mol. The average molecular weight is 455 g/mol. The van der Waals surface area contributed by atoms with E-state index in [-0.39, 0.29) is 18.3 Å². The summed E-state index contributed by atoms with van der Waals surface area (Å²) in [6, 6.07) is 13.0. The molecule has 0 saturated heterocycles. The molecule has 0 spiro atoms. The molecule has 0 radical (unpaired) electrons. The van der Waals surface area contributed by atoms with Crippen LogP contribution in [0.5, 0.6) is 17.2 Å². The van der Waals surface area contributed by atoms with Gasteiger partial charge in [0.2, 0.25) is 5.91 Å². The Morgan fingerprint density at radius 2 is 1.97 bits per heavy atom. The maximum atomic E-state index is 12.5. The van der Waals surface area contributed by atoms with E-state index in [1.807, 2.05) is 35.8 Å². The topological polar surface area (TPSA) is 87.5 Å². The molecule has 1 N–H and O–H groups in total. The van der Waals surface area contributed by atoms with Crippen molar-refractivity contribution in [3.05, 3.63) is 66.5 Å². The fourth-order valence-electron chi connectivity index (χ4n) is 2.93. The second kappa shape index (κ2) is 11.2. The van der Waals surface area contributed by atoms with Gasteiger partial charge in [0.05, 0.1) is 25.7 Å². The monoisotopic (exact) mass is 454 g/mol. The molecule has 1 aromatic heterocycles. The number of benzene rings is 2. The minimum absolute atomic E-state index is 0.147. The molecule has 9 heteroatoms. The van der Waals surface area contributed by atoms with Crippen molar-refractivity contribution in [1.82, 2.24) is 14.8 Å². The van der Waals surface area contributed by atoms with Crippen molar-refractivity contribution in [3.8, 4) is 17.2 Å². The van der Waals surface area contributed by atoms with Gasteiger partial charge < -0.3 is 19.5 Å². The molecule has 3 rings (SSSR count). The van der Waals surface area contributed by atoms with Crippen LogP contribution in [-0.4, -0.2) is 40.6 Å². The van der Waals surface area contributed by atoms with Gasteiger partial charge in [-0.1, -0.05) is 36.0 Å². The molecule has 0 aliphatic heterocycles. The number of rotatable bonds is 11. The summed E-state index contributed by atoms with van der Waals surface area (Å²) in [5.74, 6) is 2.57. The number of aryl methyl sites for hydroxylation is 1. The van der Waals surface area contributed by atoms with Gasteiger partial charge in [-0.2, -0.15) is 0 Å². The van der Waals surface area contributed by atoms with Crippen LogP contribution in [0.2, 0.25) is 0 Å². The summed E-state index contributed by atoms with van der Waals surface area (Å²) in [6.07, 6.45) is 1.76. The summed E-state index contributed by atoms with van der Waals surface area (Å²) in [5, 5.41) is 11.9. The van der Waals surface area contributed by atoms with Crippen molar-refractivity contribution in [2.45, 2.75) is 25.2 Å². The number of para-hydroxylation sites is 1. The van der Waals surface area contributed by atoms with Gasteiger partial charge in [0.1, 0.15) is 23.9 Å². The SMILES string of the molecule is C=CCn1c(COc2ccccc2C)nnc1SCC(=O)Nc1cc(OC)ccc1OC. The summed E-state index contributed by atoms with van der Waals surface area (Å²) in [5.41, 5.74) is 1.58. The van der Waals surface area contributed by atoms with Gasteiger partial charge in [-0.05, 0) is 30.7 Å². The third-order valence-electron chi connectivity index (χ3n) is 4.57. The molecule has 0 fully saturated rings. The fraction of sp³-hybridized carbons (Fsp3) is 0.261. The number of carbonyl (C=O) groups is 1. The summed E-state index contributed by atoms with van der Waals surface area (Å²) >= 11 is 1.29. The van der Waals surface area contributed by atoms with Crippen LogP contribution in [0.1, 0.15) is 11.4 Å². The first-order chi connectivity index (χ1) is 15.5. The molecule has 1 heterocycles. The van der Waals surface area contributed by atoms with Gasteiger partial charge in [-0.25, -0.2) is 0 Å². The number of carbonyl (C=O) groups excluding carboxylic acids is 1. The summed E-state index contributed by atoms with van der Waals surface area (Å²) in [7, 11) is 3.11. The van der Waals surface area contributed by atoms with E-state index < -0.39 is 0 Å². The molecule has 0 aliphatic rings. The lowest BCUT2D eigenvalue weighted by atomic mass is 10.2. The quantitative estimate of drug-likeness (QED) is 0.345. The Morgan fingerprint density at radius 3 is 2.69 bits per heavy atom. The standard InChI is InChI=1S/C23H26N4O4S/c1-5-12-27-21(14-31-19-9-7-6-8-16(19)2)25-26-23(27)32-15-22(28)24-18-13-17(29-3)10-11-20(18)30-4/h5-11,13H,1,12,14-15H2,2-4H3,(H,24,28). The van der Waals surface area contributed by atoms with E-state index in [0.29, 0.717) is 34.7 Å². The van der Waals surface area contributed by atoms with E-state index >= 15 is 0 Å². The minimum atomic E-state index is -0.201. The first kappa shape index (κ1) is 23.2. The van der Waals surface area contributed by atoms with Crippen LogP contribution < -0.4 is 19.5 Å². The second-order valence-electron chi connectivity index (χ2n) is 6.76. The van der Waals surface area contributed by atoms with Crippen LogP contribution in [-0.2, 0) is 17.9 Å². The van der Waals surface area contributed by atoms with E-state index in [1.165, 1.54) is 11.8 Å². The highest BCUT2D eigenvalue weighted by molar-refractivity contribution is 7.99. The Hall–Kier alpha value is -3.46. The number of thioether (sulfide) groups is 1. The maximum Gasteiger partial charge on any atom is 0.234 e. The first-order valence-electron chi connectivity index (χ1n) is 9.91. The highest BCUT2D eigenvalue weighted by atomic mass is 32.2. The zero-order valence-electron chi connectivity index (χ0n) is 18.3.